The maximum absolute atomic E-state index is 6.56. The Morgan fingerprint density at radius 1 is 0.933 bits per heavy atom. The number of ether oxygens (including phenoxy) is 3. The predicted octanol–water partition coefficient (Wildman–Crippen LogP) is 4.08. The van der Waals surface area contributed by atoms with Gasteiger partial charge in [0.25, 0.3) is 0 Å². The highest BCUT2D eigenvalue weighted by molar-refractivity contribution is 5.45. The van der Waals surface area contributed by atoms with Gasteiger partial charge in [0.2, 0.25) is 6.79 Å². The van der Waals surface area contributed by atoms with Crippen LogP contribution in [0.5, 0.6) is 11.5 Å². The van der Waals surface area contributed by atoms with Gasteiger partial charge in [-0.25, -0.2) is 9.97 Å². The topological polar surface area (TPSA) is 56.7 Å². The van der Waals surface area contributed by atoms with Crippen LogP contribution < -0.4 is 9.47 Å². The van der Waals surface area contributed by atoms with Crippen molar-refractivity contribution in [1.29, 1.82) is 0 Å². The summed E-state index contributed by atoms with van der Waals surface area (Å²) in [5.41, 5.74) is 3.33. The fourth-order valence-corrected chi connectivity index (χ4v) is 4.03. The first-order valence-corrected chi connectivity index (χ1v) is 10.4. The van der Waals surface area contributed by atoms with Crippen LogP contribution in [0.2, 0.25) is 0 Å². The Morgan fingerprint density at radius 3 is 2.57 bits per heavy atom. The van der Waals surface area contributed by atoms with Crippen molar-refractivity contribution >= 4 is 0 Å². The number of fused-ring (bicyclic) bond motifs is 1. The summed E-state index contributed by atoms with van der Waals surface area (Å²) in [5, 5.41) is 0. The molecule has 0 saturated carbocycles. The summed E-state index contributed by atoms with van der Waals surface area (Å²) < 4.78 is 17.6. The van der Waals surface area contributed by atoms with Crippen LogP contribution >= 0.6 is 0 Å². The number of rotatable bonds is 5. The summed E-state index contributed by atoms with van der Waals surface area (Å²) in [6, 6.07) is 18.5. The molecule has 0 radical (unpaired) electrons. The fourth-order valence-electron chi connectivity index (χ4n) is 4.03. The second kappa shape index (κ2) is 8.42. The largest absolute Gasteiger partial charge is 0.454 e. The van der Waals surface area contributed by atoms with Crippen LogP contribution in [0.25, 0.3) is 0 Å². The molecule has 0 amide bonds. The highest BCUT2D eigenvalue weighted by Crippen LogP contribution is 2.38. The lowest BCUT2D eigenvalue weighted by atomic mass is 10.0. The van der Waals surface area contributed by atoms with Crippen LogP contribution in [-0.2, 0) is 17.7 Å². The van der Waals surface area contributed by atoms with Gasteiger partial charge in [-0.15, -0.1) is 0 Å². The normalized spacial score (nSPS) is 21.0. The van der Waals surface area contributed by atoms with Crippen LogP contribution in [-0.4, -0.2) is 34.8 Å². The number of morpholine rings is 1. The third-order valence-corrected chi connectivity index (χ3v) is 5.58. The quantitative estimate of drug-likeness (QED) is 0.640. The van der Waals surface area contributed by atoms with Crippen LogP contribution in [0.15, 0.2) is 60.8 Å². The Labute approximate surface area is 176 Å². The molecule has 3 heterocycles. The molecule has 5 rings (SSSR count). The molecule has 1 saturated heterocycles. The molecule has 0 unspecified atom stereocenters. The minimum absolute atomic E-state index is 0.0112. The molecule has 0 spiro atoms. The molecule has 1 aromatic heterocycles. The molecule has 3 aromatic rings. The molecule has 1 fully saturated rings. The molecule has 154 valence electrons. The average molecular weight is 403 g/mol. The zero-order valence-corrected chi connectivity index (χ0v) is 17.0. The summed E-state index contributed by atoms with van der Waals surface area (Å²) >= 11 is 0. The van der Waals surface area contributed by atoms with Gasteiger partial charge in [-0.2, -0.15) is 0 Å². The number of benzene rings is 2. The number of aryl methyl sites for hydroxylation is 1. The Bertz CT molecular complexity index is 1010. The molecule has 2 atom stereocenters. The van der Waals surface area contributed by atoms with E-state index in [4.69, 9.17) is 19.2 Å². The SMILES string of the molecule is CCc1nccc(CN2C[C@@H](c3ccccc3)O[C@@H](c3ccc4c(c3)OCO4)C2)n1. The smallest absolute Gasteiger partial charge is 0.231 e. The highest BCUT2D eigenvalue weighted by atomic mass is 16.7. The summed E-state index contributed by atoms with van der Waals surface area (Å²) in [6.07, 6.45) is 2.61. The number of hydrogen-bond donors (Lipinski definition) is 0. The Kier molecular flexibility index (Phi) is 5.34. The molecule has 2 aliphatic rings. The van der Waals surface area contributed by atoms with Gasteiger partial charge in [0, 0.05) is 32.3 Å². The van der Waals surface area contributed by atoms with E-state index < -0.39 is 0 Å². The van der Waals surface area contributed by atoms with E-state index >= 15 is 0 Å². The second-order valence-electron chi connectivity index (χ2n) is 7.65. The Hall–Kier alpha value is -2.96. The van der Waals surface area contributed by atoms with E-state index in [2.05, 4.69) is 47.1 Å². The molecule has 0 bridgehead atoms. The molecule has 2 aromatic carbocycles. The van der Waals surface area contributed by atoms with Crippen molar-refractivity contribution in [3.05, 3.63) is 83.4 Å². The van der Waals surface area contributed by atoms with E-state index in [-0.39, 0.29) is 19.0 Å². The van der Waals surface area contributed by atoms with Gasteiger partial charge >= 0.3 is 0 Å². The van der Waals surface area contributed by atoms with Crippen LogP contribution in [0, 0.1) is 0 Å². The van der Waals surface area contributed by atoms with Crippen molar-refractivity contribution < 1.29 is 14.2 Å². The lowest BCUT2D eigenvalue weighted by molar-refractivity contribution is -0.0925. The van der Waals surface area contributed by atoms with E-state index in [9.17, 15) is 0 Å². The van der Waals surface area contributed by atoms with E-state index in [0.29, 0.717) is 0 Å². The average Bonchev–Trinajstić information content (AvgIpc) is 3.27. The zero-order valence-electron chi connectivity index (χ0n) is 17.0. The van der Waals surface area contributed by atoms with Gasteiger partial charge in [0.15, 0.2) is 11.5 Å². The molecule has 0 N–H and O–H groups in total. The van der Waals surface area contributed by atoms with Crippen LogP contribution in [0.3, 0.4) is 0 Å². The van der Waals surface area contributed by atoms with Crippen LogP contribution in [0.4, 0.5) is 0 Å². The van der Waals surface area contributed by atoms with Crippen molar-refractivity contribution in [2.45, 2.75) is 32.1 Å². The first kappa shape index (κ1) is 19.0. The number of aromatic nitrogens is 2. The third kappa shape index (κ3) is 4.01. The van der Waals surface area contributed by atoms with Crippen molar-refractivity contribution in [3.63, 3.8) is 0 Å². The fraction of sp³-hybridized carbons (Fsp3) is 0.333. The van der Waals surface area contributed by atoms with Crippen LogP contribution in [0.1, 0.15) is 41.8 Å². The number of hydrogen-bond acceptors (Lipinski definition) is 6. The molecule has 6 nitrogen and oxygen atoms in total. The summed E-state index contributed by atoms with van der Waals surface area (Å²) in [4.78, 5) is 11.4. The zero-order chi connectivity index (χ0) is 20.3. The van der Waals surface area contributed by atoms with Gasteiger partial charge in [-0.3, -0.25) is 4.90 Å². The lowest BCUT2D eigenvalue weighted by Crippen LogP contribution is -2.40. The maximum atomic E-state index is 6.56. The van der Waals surface area contributed by atoms with Gasteiger partial charge in [0.05, 0.1) is 17.9 Å². The first-order chi connectivity index (χ1) is 14.8. The molecule has 6 heteroatoms. The van der Waals surface area contributed by atoms with Gasteiger partial charge in [-0.1, -0.05) is 43.3 Å². The monoisotopic (exact) mass is 403 g/mol. The second-order valence-corrected chi connectivity index (χ2v) is 7.65. The van der Waals surface area contributed by atoms with E-state index in [1.807, 2.05) is 30.5 Å². The highest BCUT2D eigenvalue weighted by Gasteiger charge is 2.31. The molecular formula is C24H25N3O3. The molecule has 2 aliphatic heterocycles. The minimum atomic E-state index is -0.0639. The summed E-state index contributed by atoms with van der Waals surface area (Å²) in [5.74, 6) is 2.46. The van der Waals surface area contributed by atoms with E-state index in [0.717, 1.165) is 54.6 Å². The van der Waals surface area contributed by atoms with E-state index in [1.165, 1.54) is 5.56 Å². The Morgan fingerprint density at radius 2 is 1.73 bits per heavy atom. The molecule has 30 heavy (non-hydrogen) atoms. The van der Waals surface area contributed by atoms with Crippen molar-refractivity contribution in [2.24, 2.45) is 0 Å². The number of nitrogens with zero attached hydrogens (tertiary/aromatic N) is 3. The van der Waals surface area contributed by atoms with E-state index in [1.54, 1.807) is 0 Å². The Balaban J connectivity index is 1.42. The third-order valence-electron chi connectivity index (χ3n) is 5.58. The lowest BCUT2D eigenvalue weighted by Gasteiger charge is -2.38. The molecular weight excluding hydrogens is 378 g/mol. The van der Waals surface area contributed by atoms with Gasteiger partial charge in [0.1, 0.15) is 5.82 Å². The van der Waals surface area contributed by atoms with Crippen molar-refractivity contribution in [2.75, 3.05) is 19.9 Å². The molecule has 0 aliphatic carbocycles. The van der Waals surface area contributed by atoms with Gasteiger partial charge in [-0.05, 0) is 29.3 Å². The standard InChI is InChI=1S/C24H25N3O3/c1-2-24-25-11-10-19(26-24)13-27-14-22(17-6-4-3-5-7-17)30-23(15-27)18-8-9-20-21(12-18)29-16-28-20/h3-12,22-23H,2,13-16H2,1H3/t22-,23+/m0/s1. The van der Waals surface area contributed by atoms with Crippen molar-refractivity contribution in [1.82, 2.24) is 14.9 Å². The predicted molar refractivity (Wildman–Crippen MR) is 112 cm³/mol. The maximum Gasteiger partial charge on any atom is 0.231 e. The summed E-state index contributed by atoms with van der Waals surface area (Å²) in [6.45, 7) is 4.72. The first-order valence-electron chi connectivity index (χ1n) is 10.4. The minimum Gasteiger partial charge on any atom is -0.454 e. The summed E-state index contributed by atoms with van der Waals surface area (Å²) in [7, 11) is 0. The van der Waals surface area contributed by atoms with Gasteiger partial charge < -0.3 is 14.2 Å². The van der Waals surface area contributed by atoms with Crippen molar-refractivity contribution in [3.8, 4) is 11.5 Å².